The summed E-state index contributed by atoms with van der Waals surface area (Å²) >= 11 is 0. The van der Waals surface area contributed by atoms with Crippen LogP contribution in [0.2, 0.25) is 0 Å². The quantitative estimate of drug-likeness (QED) is 0.504. The van der Waals surface area contributed by atoms with Crippen molar-refractivity contribution in [2.45, 2.75) is 31.8 Å². The molecule has 2 atom stereocenters. The van der Waals surface area contributed by atoms with E-state index in [2.05, 4.69) is 4.90 Å². The van der Waals surface area contributed by atoms with Crippen LogP contribution in [0.3, 0.4) is 0 Å². The molecule has 5 heteroatoms. The number of fused-ring (bicyclic) bond motifs is 2. The number of nitrogen functional groups attached to an aromatic ring is 1. The number of nitrogens with zero attached hydrogens (tertiary/aromatic N) is 2. The molecule has 2 bridgehead atoms. The minimum atomic E-state index is -0.408. The lowest BCUT2D eigenvalue weighted by molar-refractivity contribution is -0.384. The fourth-order valence-electron chi connectivity index (χ4n) is 3.30. The van der Waals surface area contributed by atoms with Crippen LogP contribution < -0.4 is 5.73 Å². The smallest absolute Gasteiger partial charge is 0.292 e. The molecule has 1 aromatic rings. The molecule has 2 aliphatic rings. The van der Waals surface area contributed by atoms with E-state index in [0.29, 0.717) is 6.04 Å². The SMILES string of the molecule is Nc1ccc(CN2CC3CCC2C3)cc1[N+](=O)[O-]. The van der Waals surface area contributed by atoms with Crippen molar-refractivity contribution in [3.05, 3.63) is 33.9 Å². The Morgan fingerprint density at radius 1 is 1.44 bits per heavy atom. The maximum Gasteiger partial charge on any atom is 0.292 e. The van der Waals surface area contributed by atoms with Gasteiger partial charge in [-0.25, -0.2) is 0 Å². The molecule has 3 rings (SSSR count). The van der Waals surface area contributed by atoms with Gasteiger partial charge in [0.1, 0.15) is 5.69 Å². The Balaban J connectivity index is 1.77. The predicted molar refractivity (Wildman–Crippen MR) is 69.0 cm³/mol. The molecule has 2 fully saturated rings. The van der Waals surface area contributed by atoms with Crippen molar-refractivity contribution in [2.24, 2.45) is 5.92 Å². The molecule has 5 nitrogen and oxygen atoms in total. The summed E-state index contributed by atoms with van der Waals surface area (Å²) < 4.78 is 0. The highest BCUT2D eigenvalue weighted by atomic mass is 16.6. The van der Waals surface area contributed by atoms with Gasteiger partial charge in [0.2, 0.25) is 0 Å². The second-order valence-electron chi connectivity index (χ2n) is 5.41. The Hall–Kier alpha value is -1.62. The summed E-state index contributed by atoms with van der Waals surface area (Å²) in [6.07, 6.45) is 3.93. The second-order valence-corrected chi connectivity index (χ2v) is 5.41. The first-order chi connectivity index (χ1) is 8.63. The molecule has 0 spiro atoms. The van der Waals surface area contributed by atoms with E-state index in [1.165, 1.54) is 19.3 Å². The van der Waals surface area contributed by atoms with E-state index in [0.717, 1.165) is 24.6 Å². The van der Waals surface area contributed by atoms with Crippen LogP contribution in [0, 0.1) is 16.0 Å². The maximum atomic E-state index is 10.9. The molecule has 18 heavy (non-hydrogen) atoms. The van der Waals surface area contributed by atoms with Gasteiger partial charge in [0, 0.05) is 25.2 Å². The van der Waals surface area contributed by atoms with Gasteiger partial charge in [-0.1, -0.05) is 6.07 Å². The van der Waals surface area contributed by atoms with Crippen LogP contribution in [0.15, 0.2) is 18.2 Å². The molecule has 0 aromatic heterocycles. The molecule has 1 saturated heterocycles. The Kier molecular flexibility index (Phi) is 2.70. The van der Waals surface area contributed by atoms with E-state index < -0.39 is 4.92 Å². The number of nitro groups is 1. The van der Waals surface area contributed by atoms with Crippen LogP contribution in [0.1, 0.15) is 24.8 Å². The van der Waals surface area contributed by atoms with Crippen LogP contribution in [-0.2, 0) is 6.54 Å². The highest BCUT2D eigenvalue weighted by molar-refractivity contribution is 5.59. The fraction of sp³-hybridized carbons (Fsp3) is 0.538. The molecule has 0 radical (unpaired) electrons. The lowest BCUT2D eigenvalue weighted by Gasteiger charge is -2.26. The van der Waals surface area contributed by atoms with E-state index in [1.54, 1.807) is 12.1 Å². The molecular formula is C13H17N3O2. The Bertz CT molecular complexity index is 489. The van der Waals surface area contributed by atoms with Gasteiger partial charge in [0.05, 0.1) is 4.92 Å². The number of likely N-dealkylation sites (tertiary alicyclic amines) is 1. The number of anilines is 1. The number of nitrogens with two attached hydrogens (primary N) is 1. The van der Waals surface area contributed by atoms with Crippen molar-refractivity contribution in [1.82, 2.24) is 4.90 Å². The summed E-state index contributed by atoms with van der Waals surface area (Å²) in [5, 5.41) is 10.9. The largest absolute Gasteiger partial charge is 0.393 e. The monoisotopic (exact) mass is 247 g/mol. The molecule has 2 unspecified atom stereocenters. The topological polar surface area (TPSA) is 72.4 Å². The molecule has 1 heterocycles. The molecular weight excluding hydrogens is 230 g/mol. The first kappa shape index (κ1) is 11.5. The van der Waals surface area contributed by atoms with Crippen molar-refractivity contribution in [2.75, 3.05) is 12.3 Å². The Labute approximate surface area is 106 Å². The van der Waals surface area contributed by atoms with E-state index in [-0.39, 0.29) is 11.4 Å². The molecule has 2 N–H and O–H groups in total. The van der Waals surface area contributed by atoms with Crippen LogP contribution in [0.25, 0.3) is 0 Å². The minimum Gasteiger partial charge on any atom is -0.393 e. The predicted octanol–water partition coefficient (Wildman–Crippen LogP) is 2.16. The van der Waals surface area contributed by atoms with Crippen molar-refractivity contribution in [3.63, 3.8) is 0 Å². The van der Waals surface area contributed by atoms with E-state index in [9.17, 15) is 10.1 Å². The molecule has 1 aliphatic heterocycles. The van der Waals surface area contributed by atoms with Crippen molar-refractivity contribution in [3.8, 4) is 0 Å². The molecule has 96 valence electrons. The van der Waals surface area contributed by atoms with Crippen LogP contribution >= 0.6 is 0 Å². The second kappa shape index (κ2) is 4.24. The zero-order chi connectivity index (χ0) is 12.7. The van der Waals surface area contributed by atoms with Crippen LogP contribution in [0.5, 0.6) is 0 Å². The van der Waals surface area contributed by atoms with Gasteiger partial charge >= 0.3 is 0 Å². The standard InChI is InChI=1S/C13H17N3O2/c14-12-4-2-10(6-13(12)16(17)18)8-15-7-9-1-3-11(15)5-9/h2,4,6,9,11H,1,3,5,7-8,14H2. The van der Waals surface area contributed by atoms with Crippen LogP contribution in [0.4, 0.5) is 11.4 Å². The number of rotatable bonds is 3. The lowest BCUT2D eigenvalue weighted by atomic mass is 10.1. The average molecular weight is 247 g/mol. The van der Waals surface area contributed by atoms with Gasteiger partial charge in [-0.05, 0) is 36.8 Å². The highest BCUT2D eigenvalue weighted by Gasteiger charge is 2.37. The maximum absolute atomic E-state index is 10.9. The summed E-state index contributed by atoms with van der Waals surface area (Å²) in [6, 6.07) is 5.84. The van der Waals surface area contributed by atoms with Gasteiger partial charge in [-0.2, -0.15) is 0 Å². The third kappa shape index (κ3) is 1.95. The van der Waals surface area contributed by atoms with Gasteiger partial charge in [0.15, 0.2) is 0 Å². The summed E-state index contributed by atoms with van der Waals surface area (Å²) in [4.78, 5) is 12.9. The molecule has 1 aromatic carbocycles. The lowest BCUT2D eigenvalue weighted by Crippen LogP contribution is -2.31. The summed E-state index contributed by atoms with van der Waals surface area (Å²) in [6.45, 7) is 1.95. The first-order valence-electron chi connectivity index (χ1n) is 6.40. The van der Waals surface area contributed by atoms with Gasteiger partial charge < -0.3 is 5.73 Å². The van der Waals surface area contributed by atoms with Crippen molar-refractivity contribution >= 4 is 11.4 Å². The number of hydrogen-bond acceptors (Lipinski definition) is 4. The number of piperidine rings is 1. The minimum absolute atomic E-state index is 0.0249. The van der Waals surface area contributed by atoms with Crippen LogP contribution in [-0.4, -0.2) is 22.4 Å². The third-order valence-corrected chi connectivity index (χ3v) is 4.20. The van der Waals surface area contributed by atoms with E-state index in [1.807, 2.05) is 6.07 Å². The fourth-order valence-corrected chi connectivity index (χ4v) is 3.30. The summed E-state index contributed by atoms with van der Waals surface area (Å²) in [7, 11) is 0. The number of nitro benzene ring substituents is 1. The van der Waals surface area contributed by atoms with Gasteiger partial charge in [0.25, 0.3) is 5.69 Å². The zero-order valence-corrected chi connectivity index (χ0v) is 10.2. The third-order valence-electron chi connectivity index (χ3n) is 4.20. The summed E-state index contributed by atoms with van der Waals surface area (Å²) in [5.41, 5.74) is 6.86. The summed E-state index contributed by atoms with van der Waals surface area (Å²) in [5.74, 6) is 0.846. The molecule has 0 amide bonds. The number of benzene rings is 1. The number of hydrogen-bond donors (Lipinski definition) is 1. The van der Waals surface area contributed by atoms with E-state index >= 15 is 0 Å². The average Bonchev–Trinajstić information content (AvgIpc) is 2.93. The molecule has 1 saturated carbocycles. The first-order valence-corrected chi connectivity index (χ1v) is 6.40. The Morgan fingerprint density at radius 2 is 2.28 bits per heavy atom. The molecule has 1 aliphatic carbocycles. The zero-order valence-electron chi connectivity index (χ0n) is 10.2. The highest BCUT2D eigenvalue weighted by Crippen LogP contribution is 2.38. The normalized spacial score (nSPS) is 26.7. The van der Waals surface area contributed by atoms with E-state index in [4.69, 9.17) is 5.73 Å². The van der Waals surface area contributed by atoms with Gasteiger partial charge in [-0.3, -0.25) is 15.0 Å². The Morgan fingerprint density at radius 3 is 2.89 bits per heavy atom. The van der Waals surface area contributed by atoms with Gasteiger partial charge in [-0.15, -0.1) is 0 Å². The van der Waals surface area contributed by atoms with Crippen molar-refractivity contribution < 1.29 is 4.92 Å². The van der Waals surface area contributed by atoms with Crippen molar-refractivity contribution in [1.29, 1.82) is 0 Å².